The van der Waals surface area contributed by atoms with Gasteiger partial charge in [0.15, 0.2) is 0 Å². The Morgan fingerprint density at radius 2 is 1.77 bits per heavy atom. The molecule has 4 aromatic rings. The molecule has 1 heterocycles. The topological polar surface area (TPSA) is 67.2 Å². The van der Waals surface area contributed by atoms with E-state index in [2.05, 4.69) is 10.3 Å². The van der Waals surface area contributed by atoms with Crippen LogP contribution in [0.15, 0.2) is 77.6 Å². The van der Waals surface area contributed by atoms with Gasteiger partial charge in [-0.15, -0.1) is 0 Å². The van der Waals surface area contributed by atoms with Gasteiger partial charge in [0.05, 0.1) is 5.52 Å². The molecule has 3 aromatic carbocycles. The molecule has 0 unspecified atom stereocenters. The Balaban J connectivity index is 1.69. The molecular weight excluding hydrogens is 395 g/mol. The van der Waals surface area contributed by atoms with E-state index in [0.29, 0.717) is 22.6 Å². The van der Waals surface area contributed by atoms with E-state index in [-0.39, 0.29) is 6.54 Å². The van der Waals surface area contributed by atoms with Gasteiger partial charge in [-0.2, -0.15) is 4.98 Å². The number of nitrogens with zero attached hydrogens (tertiary/aromatic N) is 3. The van der Waals surface area contributed by atoms with Gasteiger partial charge in [0.2, 0.25) is 5.91 Å². The molecule has 0 aliphatic carbocycles. The van der Waals surface area contributed by atoms with Gasteiger partial charge >= 0.3 is 5.69 Å². The molecule has 0 atom stereocenters. The van der Waals surface area contributed by atoms with Crippen molar-refractivity contribution in [3.63, 3.8) is 0 Å². The first-order chi connectivity index (χ1) is 14.9. The number of nitrogens with one attached hydrogen (secondary N) is 1. The van der Waals surface area contributed by atoms with Crippen LogP contribution in [0, 0.1) is 12.7 Å². The molecular formula is C24H21FN4O2. The highest BCUT2D eigenvalue weighted by atomic mass is 19.1. The quantitative estimate of drug-likeness (QED) is 0.528. The van der Waals surface area contributed by atoms with Crippen LogP contribution in [0.5, 0.6) is 0 Å². The van der Waals surface area contributed by atoms with Gasteiger partial charge in [-0.3, -0.25) is 9.36 Å². The maximum atomic E-state index is 13.8. The molecule has 0 aliphatic rings. The lowest BCUT2D eigenvalue weighted by molar-refractivity contribution is -0.116. The summed E-state index contributed by atoms with van der Waals surface area (Å²) in [6.45, 7) is 1.41. The van der Waals surface area contributed by atoms with Crippen molar-refractivity contribution >= 4 is 34.0 Å². The van der Waals surface area contributed by atoms with Gasteiger partial charge in [0.25, 0.3) is 0 Å². The van der Waals surface area contributed by atoms with Crippen LogP contribution in [0.1, 0.15) is 5.56 Å². The summed E-state index contributed by atoms with van der Waals surface area (Å²) >= 11 is 0. The van der Waals surface area contributed by atoms with E-state index in [9.17, 15) is 14.0 Å². The molecule has 1 aromatic heterocycles. The molecule has 0 aliphatic heterocycles. The number of fused-ring (bicyclic) bond motifs is 1. The molecule has 31 heavy (non-hydrogen) atoms. The molecule has 1 amide bonds. The molecule has 0 fully saturated rings. The zero-order valence-electron chi connectivity index (χ0n) is 17.2. The first-order valence-electron chi connectivity index (χ1n) is 9.78. The van der Waals surface area contributed by atoms with Crippen LogP contribution in [0.25, 0.3) is 10.9 Å². The van der Waals surface area contributed by atoms with E-state index in [1.165, 1.54) is 10.6 Å². The number of anilines is 3. The van der Waals surface area contributed by atoms with Crippen LogP contribution in [0.2, 0.25) is 0 Å². The van der Waals surface area contributed by atoms with Crippen molar-refractivity contribution in [2.45, 2.75) is 13.5 Å². The summed E-state index contributed by atoms with van der Waals surface area (Å²) < 4.78 is 15.1. The standard InChI is InChI=1S/C24H21FN4O2/c1-16-12-13-17(14-20(16)25)26-22(30)15-29-21-11-7-6-10-19(21)23(27-24(29)31)28(2)18-8-4-3-5-9-18/h3-14H,15H2,1-2H3,(H,26,30). The number of hydrogen-bond donors (Lipinski definition) is 1. The van der Waals surface area contributed by atoms with E-state index in [0.717, 1.165) is 11.1 Å². The fourth-order valence-electron chi connectivity index (χ4n) is 3.41. The smallest absolute Gasteiger partial charge is 0.329 e. The maximum Gasteiger partial charge on any atom is 0.350 e. The Hall–Kier alpha value is -4.00. The second-order valence-corrected chi connectivity index (χ2v) is 7.23. The third kappa shape index (κ3) is 4.16. The minimum Gasteiger partial charge on any atom is -0.329 e. The number of rotatable bonds is 5. The normalized spacial score (nSPS) is 10.8. The average Bonchev–Trinajstić information content (AvgIpc) is 2.78. The molecule has 0 spiro atoms. The Kier molecular flexibility index (Phi) is 5.49. The van der Waals surface area contributed by atoms with Crippen molar-refractivity contribution in [2.75, 3.05) is 17.3 Å². The largest absolute Gasteiger partial charge is 0.350 e. The highest BCUT2D eigenvalue weighted by molar-refractivity contribution is 5.94. The molecule has 0 bridgehead atoms. The van der Waals surface area contributed by atoms with Gasteiger partial charge in [-0.05, 0) is 48.9 Å². The Morgan fingerprint density at radius 3 is 2.52 bits per heavy atom. The fraction of sp³-hybridized carbons (Fsp3) is 0.125. The van der Waals surface area contributed by atoms with Crippen LogP contribution in [0.4, 0.5) is 21.6 Å². The predicted octanol–water partition coefficient (Wildman–Crippen LogP) is 4.25. The SMILES string of the molecule is Cc1ccc(NC(=O)Cn2c(=O)nc(N(C)c3ccccc3)c3ccccc32)cc1F. The third-order valence-corrected chi connectivity index (χ3v) is 5.09. The van der Waals surface area contributed by atoms with E-state index in [1.807, 2.05) is 54.4 Å². The summed E-state index contributed by atoms with van der Waals surface area (Å²) in [7, 11) is 1.84. The molecule has 0 saturated heterocycles. The summed E-state index contributed by atoms with van der Waals surface area (Å²) in [4.78, 5) is 31.5. The monoisotopic (exact) mass is 416 g/mol. The maximum absolute atomic E-state index is 13.8. The van der Waals surface area contributed by atoms with Crippen LogP contribution in [0.3, 0.4) is 0 Å². The minimum absolute atomic E-state index is 0.239. The molecule has 1 N–H and O–H groups in total. The number of halogens is 1. The predicted molar refractivity (Wildman–Crippen MR) is 120 cm³/mol. The Morgan fingerprint density at radius 1 is 1.06 bits per heavy atom. The molecule has 6 nitrogen and oxygen atoms in total. The zero-order valence-corrected chi connectivity index (χ0v) is 17.2. The molecule has 4 rings (SSSR count). The summed E-state index contributed by atoms with van der Waals surface area (Å²) in [6, 6.07) is 21.3. The van der Waals surface area contributed by atoms with Crippen molar-refractivity contribution in [1.82, 2.24) is 9.55 Å². The average molecular weight is 416 g/mol. The van der Waals surface area contributed by atoms with Gasteiger partial charge in [-0.25, -0.2) is 9.18 Å². The van der Waals surface area contributed by atoms with Crippen molar-refractivity contribution in [3.05, 3.63) is 94.7 Å². The summed E-state index contributed by atoms with van der Waals surface area (Å²) in [5.41, 5.74) is 1.75. The second kappa shape index (κ2) is 8.39. The van der Waals surface area contributed by atoms with Crippen molar-refractivity contribution in [2.24, 2.45) is 0 Å². The lowest BCUT2D eigenvalue weighted by Gasteiger charge is -2.21. The van der Waals surface area contributed by atoms with Gasteiger partial charge in [0.1, 0.15) is 18.2 Å². The lowest BCUT2D eigenvalue weighted by Crippen LogP contribution is -2.31. The highest BCUT2D eigenvalue weighted by Crippen LogP contribution is 2.27. The highest BCUT2D eigenvalue weighted by Gasteiger charge is 2.16. The number of aromatic nitrogens is 2. The van der Waals surface area contributed by atoms with Crippen LogP contribution in [-0.4, -0.2) is 22.5 Å². The van der Waals surface area contributed by atoms with Crippen molar-refractivity contribution in [3.8, 4) is 0 Å². The summed E-state index contributed by atoms with van der Waals surface area (Å²) in [5.74, 6) is -0.346. The van der Waals surface area contributed by atoms with Gasteiger partial charge < -0.3 is 10.2 Å². The zero-order chi connectivity index (χ0) is 22.0. The van der Waals surface area contributed by atoms with E-state index < -0.39 is 17.4 Å². The molecule has 156 valence electrons. The molecule has 0 radical (unpaired) electrons. The van der Waals surface area contributed by atoms with Gasteiger partial charge in [0, 0.05) is 23.8 Å². The Bertz CT molecular complexity index is 1320. The lowest BCUT2D eigenvalue weighted by atomic mass is 10.2. The molecule has 0 saturated carbocycles. The summed E-state index contributed by atoms with van der Waals surface area (Å²) in [6.07, 6.45) is 0. The third-order valence-electron chi connectivity index (χ3n) is 5.09. The van der Waals surface area contributed by atoms with Crippen molar-refractivity contribution < 1.29 is 9.18 Å². The second-order valence-electron chi connectivity index (χ2n) is 7.23. The number of hydrogen-bond acceptors (Lipinski definition) is 4. The van der Waals surface area contributed by atoms with E-state index in [4.69, 9.17) is 0 Å². The van der Waals surface area contributed by atoms with Crippen LogP contribution < -0.4 is 15.9 Å². The number of amides is 1. The first-order valence-corrected chi connectivity index (χ1v) is 9.78. The van der Waals surface area contributed by atoms with E-state index in [1.54, 1.807) is 31.2 Å². The number of carbonyl (C=O) groups excluding carboxylic acids is 1. The number of benzene rings is 3. The number of carbonyl (C=O) groups is 1. The van der Waals surface area contributed by atoms with Gasteiger partial charge in [-0.1, -0.05) is 36.4 Å². The first kappa shape index (κ1) is 20.3. The van der Waals surface area contributed by atoms with Crippen LogP contribution >= 0.6 is 0 Å². The number of aryl methyl sites for hydroxylation is 1. The number of para-hydroxylation sites is 2. The Labute approximate surface area is 178 Å². The van der Waals surface area contributed by atoms with Crippen LogP contribution in [-0.2, 0) is 11.3 Å². The fourth-order valence-corrected chi connectivity index (χ4v) is 3.41. The van der Waals surface area contributed by atoms with Crippen molar-refractivity contribution in [1.29, 1.82) is 0 Å². The van der Waals surface area contributed by atoms with E-state index >= 15 is 0 Å². The molecule has 7 heteroatoms. The summed E-state index contributed by atoms with van der Waals surface area (Å²) in [5, 5.41) is 3.38. The minimum atomic E-state index is -0.540.